The van der Waals surface area contributed by atoms with Crippen molar-refractivity contribution in [3.63, 3.8) is 0 Å². The summed E-state index contributed by atoms with van der Waals surface area (Å²) in [7, 11) is 0. The maximum Gasteiger partial charge on any atom is 0.318 e. The van der Waals surface area contributed by atoms with E-state index in [0.717, 1.165) is 79.0 Å². The van der Waals surface area contributed by atoms with E-state index in [2.05, 4.69) is 65.9 Å². The second-order valence-electron chi connectivity index (χ2n) is 13.1. The lowest BCUT2D eigenvalue weighted by atomic mass is 9.85. The average molecular weight is 600 g/mol. The second kappa shape index (κ2) is 12.0. The second-order valence-corrected chi connectivity index (χ2v) is 13.1. The van der Waals surface area contributed by atoms with E-state index >= 15 is 0 Å². The zero-order valence-electron chi connectivity index (χ0n) is 25.5. The summed E-state index contributed by atoms with van der Waals surface area (Å²) in [6.07, 6.45) is 8.77. The number of hydrogen-bond acceptors (Lipinski definition) is 6. The predicted octanol–water partition coefficient (Wildman–Crippen LogP) is 6.37. The van der Waals surface area contributed by atoms with Gasteiger partial charge in [0.15, 0.2) is 5.65 Å². The van der Waals surface area contributed by atoms with Crippen LogP contribution >= 0.6 is 0 Å². The molecule has 2 amide bonds. The van der Waals surface area contributed by atoms with E-state index in [1.165, 1.54) is 11.1 Å². The molecule has 2 N–H and O–H groups in total. The molecule has 0 radical (unpaired) electrons. The number of aromatic amines is 1. The van der Waals surface area contributed by atoms with Crippen molar-refractivity contribution < 1.29 is 14.3 Å². The van der Waals surface area contributed by atoms with Gasteiger partial charge >= 0.3 is 6.03 Å². The van der Waals surface area contributed by atoms with Crippen molar-refractivity contribution in [1.82, 2.24) is 34.9 Å². The third kappa shape index (κ3) is 5.85. The van der Waals surface area contributed by atoms with Gasteiger partial charge in [0.2, 0.25) is 0 Å². The number of imidazole rings is 1. The summed E-state index contributed by atoms with van der Waals surface area (Å²) in [5.74, 6) is 0.785. The number of likely N-dealkylation sites (tertiary alicyclic amines) is 1. The average Bonchev–Trinajstić information content (AvgIpc) is 3.57. The Hall–Kier alpha value is -3.76. The molecule has 3 aliphatic rings. The van der Waals surface area contributed by atoms with E-state index in [9.17, 15) is 4.79 Å². The molecule has 2 aliphatic heterocycles. The molecule has 234 valence electrons. The van der Waals surface area contributed by atoms with Crippen molar-refractivity contribution in [1.29, 1.82) is 0 Å². The zero-order chi connectivity index (χ0) is 29.7. The molecular formula is C34H45N7O3. The number of fused-ring (bicyclic) bond motifs is 2. The first-order chi connectivity index (χ1) is 20.7. The quantitative estimate of drug-likeness (QED) is 0.276. The number of nitrogens with zero attached hydrogens (tertiary/aromatic N) is 5. The number of nitrogens with one attached hydrogen (secondary N) is 2. The Morgan fingerprint density at radius 3 is 2.68 bits per heavy atom. The summed E-state index contributed by atoms with van der Waals surface area (Å²) in [6.45, 7) is 11.1. The summed E-state index contributed by atoms with van der Waals surface area (Å²) >= 11 is 0. The summed E-state index contributed by atoms with van der Waals surface area (Å²) in [5, 5.41) is 8.01. The van der Waals surface area contributed by atoms with E-state index < -0.39 is 0 Å². The van der Waals surface area contributed by atoms with E-state index in [4.69, 9.17) is 19.6 Å². The Bertz CT molecular complexity index is 1640. The van der Waals surface area contributed by atoms with Crippen molar-refractivity contribution in [2.75, 3.05) is 26.3 Å². The van der Waals surface area contributed by atoms with Crippen LogP contribution in [0.2, 0.25) is 0 Å². The molecule has 1 atom stereocenters. The van der Waals surface area contributed by atoms with Gasteiger partial charge in [-0.2, -0.15) is 5.10 Å². The van der Waals surface area contributed by atoms with Gasteiger partial charge in [0.1, 0.15) is 5.82 Å². The van der Waals surface area contributed by atoms with Gasteiger partial charge in [0.25, 0.3) is 0 Å². The van der Waals surface area contributed by atoms with Gasteiger partial charge in [-0.05, 0) is 82.6 Å². The van der Waals surface area contributed by atoms with Crippen molar-refractivity contribution >= 4 is 17.2 Å². The van der Waals surface area contributed by atoms with E-state index in [1.54, 1.807) is 0 Å². The highest BCUT2D eigenvalue weighted by Gasteiger charge is 2.35. The number of aryl methyl sites for hydroxylation is 1. The van der Waals surface area contributed by atoms with Crippen LogP contribution in [0.1, 0.15) is 82.8 Å². The number of pyridine rings is 1. The Balaban J connectivity index is 0.00000343. The third-order valence-corrected chi connectivity index (χ3v) is 8.95. The van der Waals surface area contributed by atoms with Crippen LogP contribution in [0, 0.1) is 6.92 Å². The highest BCUT2D eigenvalue weighted by molar-refractivity contribution is 5.91. The molecule has 0 unspecified atom stereocenters. The van der Waals surface area contributed by atoms with Crippen LogP contribution in [0.5, 0.6) is 0 Å². The van der Waals surface area contributed by atoms with E-state index in [-0.39, 0.29) is 31.2 Å². The molecular weight excluding hydrogens is 554 g/mol. The largest absolute Gasteiger partial charge is 0.381 e. The minimum Gasteiger partial charge on any atom is -0.381 e. The van der Waals surface area contributed by atoms with Gasteiger partial charge in [0, 0.05) is 30.7 Å². The van der Waals surface area contributed by atoms with E-state index in [1.807, 2.05) is 23.4 Å². The molecule has 1 aliphatic carbocycles. The molecule has 7 rings (SSSR count). The lowest BCUT2D eigenvalue weighted by Gasteiger charge is -2.42. The number of H-pyrrole nitrogens is 1. The van der Waals surface area contributed by atoms with Gasteiger partial charge in [-0.25, -0.2) is 14.8 Å². The van der Waals surface area contributed by atoms with Gasteiger partial charge < -0.3 is 24.7 Å². The topological polar surface area (TPSA) is 110 Å². The zero-order valence-corrected chi connectivity index (χ0v) is 25.5. The minimum absolute atomic E-state index is 0. The normalized spacial score (nSPS) is 19.4. The Morgan fingerprint density at radius 1 is 1.11 bits per heavy atom. The predicted molar refractivity (Wildman–Crippen MR) is 172 cm³/mol. The van der Waals surface area contributed by atoms with Crippen LogP contribution in [0.15, 0.2) is 36.7 Å². The van der Waals surface area contributed by atoms with Crippen LogP contribution in [0.25, 0.3) is 33.7 Å². The highest BCUT2D eigenvalue weighted by atomic mass is 16.5. The summed E-state index contributed by atoms with van der Waals surface area (Å²) in [4.78, 5) is 27.9. The maximum absolute atomic E-state index is 13.0. The number of carbonyl (C=O) groups excluding carboxylic acids is 1. The number of amides is 2. The fraction of sp³-hybridized carbons (Fsp3) is 0.529. The molecule has 10 nitrogen and oxygen atoms in total. The first kappa shape index (κ1) is 30.3. The molecule has 0 bridgehead atoms. The number of carbonyl (C=O) groups is 1. The molecule has 2 saturated heterocycles. The smallest absolute Gasteiger partial charge is 0.318 e. The number of aromatic nitrogens is 5. The van der Waals surface area contributed by atoms with Crippen LogP contribution in [0.4, 0.5) is 4.79 Å². The maximum atomic E-state index is 13.0. The van der Waals surface area contributed by atoms with Crippen molar-refractivity contribution in [2.24, 2.45) is 0 Å². The number of urea groups is 1. The van der Waals surface area contributed by atoms with Crippen LogP contribution in [-0.4, -0.2) is 73.7 Å². The Kier molecular flexibility index (Phi) is 8.24. The van der Waals surface area contributed by atoms with Crippen molar-refractivity contribution in [2.45, 2.75) is 91.0 Å². The minimum atomic E-state index is -0.196. The van der Waals surface area contributed by atoms with Gasteiger partial charge in [-0.1, -0.05) is 25.6 Å². The molecule has 44 heavy (non-hydrogen) atoms. The molecule has 3 aromatic heterocycles. The molecule has 1 aromatic carbocycles. The standard InChI is InChI=1S/C33H41N7O3.CH4/c1-20-27(17-35-40(20)23-11-14-42-15-12-23)30-37-29-26(10-13-34-31(29)38-30)22-8-9-25-21(16-22)6-5-7-28(25)36-32(41)39-18-24(19-39)43-33(2,3)4;/h8-10,13,16-17,23-24,28H,5-7,11-12,14-15,18-19H2,1-4H3,(H,36,41)(H,34,37,38);1H4/t28-;/m0./s1. The highest BCUT2D eigenvalue weighted by Crippen LogP contribution is 2.36. The molecule has 4 aromatic rings. The first-order valence-corrected chi connectivity index (χ1v) is 15.6. The number of benzene rings is 1. The Labute approximate surface area is 259 Å². The number of hydrogen-bond donors (Lipinski definition) is 2. The molecule has 0 saturated carbocycles. The first-order valence-electron chi connectivity index (χ1n) is 15.6. The van der Waals surface area contributed by atoms with Crippen LogP contribution in [-0.2, 0) is 15.9 Å². The lowest BCUT2D eigenvalue weighted by molar-refractivity contribution is -0.111. The third-order valence-electron chi connectivity index (χ3n) is 8.95. The monoisotopic (exact) mass is 599 g/mol. The fourth-order valence-corrected chi connectivity index (χ4v) is 6.78. The molecule has 5 heterocycles. The molecule has 0 spiro atoms. The fourth-order valence-electron chi connectivity index (χ4n) is 6.78. The van der Waals surface area contributed by atoms with Gasteiger partial charge in [0.05, 0.1) is 54.2 Å². The summed E-state index contributed by atoms with van der Waals surface area (Å²) < 4.78 is 13.7. The van der Waals surface area contributed by atoms with Crippen molar-refractivity contribution in [3.8, 4) is 22.5 Å². The van der Waals surface area contributed by atoms with Crippen LogP contribution < -0.4 is 5.32 Å². The van der Waals surface area contributed by atoms with Gasteiger partial charge in [-0.15, -0.1) is 0 Å². The summed E-state index contributed by atoms with van der Waals surface area (Å²) in [6, 6.07) is 9.02. The molecule has 2 fully saturated rings. The SMILES string of the molecule is C.Cc1c(-c2nc3nccc(-c4ccc5c(c4)CCC[C@@H]5NC(=O)N4CC(OC(C)(C)C)C4)c3[nH]2)cnn1C1CCOCC1. The van der Waals surface area contributed by atoms with Crippen molar-refractivity contribution in [3.05, 3.63) is 53.5 Å². The molecule has 10 heteroatoms. The lowest BCUT2D eigenvalue weighted by Crippen LogP contribution is -2.59. The summed E-state index contributed by atoms with van der Waals surface area (Å²) in [5.41, 5.74) is 8.19. The van der Waals surface area contributed by atoms with E-state index in [0.29, 0.717) is 24.8 Å². The van der Waals surface area contributed by atoms with Gasteiger partial charge in [-0.3, -0.25) is 4.68 Å². The Morgan fingerprint density at radius 2 is 1.91 bits per heavy atom. The number of rotatable bonds is 5. The van der Waals surface area contributed by atoms with Crippen LogP contribution in [0.3, 0.4) is 0 Å². The number of ether oxygens (including phenoxy) is 2.